The van der Waals surface area contributed by atoms with Gasteiger partial charge in [0.15, 0.2) is 0 Å². The van der Waals surface area contributed by atoms with Crippen molar-refractivity contribution in [3.63, 3.8) is 0 Å². The van der Waals surface area contributed by atoms with Gasteiger partial charge in [-0.25, -0.2) is 15.0 Å². The highest BCUT2D eigenvalue weighted by Gasteiger charge is 1.99. The summed E-state index contributed by atoms with van der Waals surface area (Å²) in [6, 6.07) is 1.86. The van der Waals surface area contributed by atoms with Gasteiger partial charge in [0.2, 0.25) is 0 Å². The number of thiazole rings is 1. The molecule has 2 rings (SSSR count). The fourth-order valence-electron chi connectivity index (χ4n) is 1.22. The predicted octanol–water partition coefficient (Wildman–Crippen LogP) is 2.16. The monoisotopic (exact) mass is 220 g/mol. The second-order valence-corrected chi connectivity index (χ2v) is 4.51. The lowest BCUT2D eigenvalue weighted by atomic mass is 10.5. The largest absolute Gasteiger partial charge is 0.365 e. The van der Waals surface area contributed by atoms with Gasteiger partial charge in [0.25, 0.3) is 0 Å². The predicted molar refractivity (Wildman–Crippen MR) is 60.9 cm³/mol. The zero-order valence-electron chi connectivity index (χ0n) is 8.69. The van der Waals surface area contributed by atoms with E-state index in [1.54, 1.807) is 17.5 Å². The van der Waals surface area contributed by atoms with Gasteiger partial charge in [-0.3, -0.25) is 0 Å². The van der Waals surface area contributed by atoms with Crippen LogP contribution in [0.3, 0.4) is 0 Å². The molecule has 4 nitrogen and oxygen atoms in total. The second kappa shape index (κ2) is 4.35. The van der Waals surface area contributed by atoms with Crippen LogP contribution < -0.4 is 5.32 Å². The van der Waals surface area contributed by atoms with Crippen molar-refractivity contribution < 1.29 is 0 Å². The molecule has 0 spiro atoms. The molecule has 0 atom stereocenters. The number of anilines is 1. The molecule has 78 valence electrons. The Morgan fingerprint density at radius 2 is 2.20 bits per heavy atom. The van der Waals surface area contributed by atoms with Crippen LogP contribution >= 0.6 is 11.3 Å². The van der Waals surface area contributed by atoms with E-state index >= 15 is 0 Å². The molecule has 0 bridgehead atoms. The fourth-order valence-corrected chi connectivity index (χ4v) is 1.95. The van der Waals surface area contributed by atoms with E-state index in [2.05, 4.69) is 20.3 Å². The average Bonchev–Trinajstić information content (AvgIpc) is 2.62. The minimum absolute atomic E-state index is 0.766. The average molecular weight is 220 g/mol. The number of nitrogens with one attached hydrogen (secondary N) is 1. The summed E-state index contributed by atoms with van der Waals surface area (Å²) in [4.78, 5) is 13.7. The number of aryl methyl sites for hydroxylation is 2. The Bertz CT molecular complexity index is 452. The molecule has 0 saturated heterocycles. The van der Waals surface area contributed by atoms with E-state index in [0.717, 1.165) is 23.2 Å². The zero-order chi connectivity index (χ0) is 10.7. The smallest absolute Gasteiger partial charge is 0.129 e. The van der Waals surface area contributed by atoms with Gasteiger partial charge in [0, 0.05) is 17.3 Å². The van der Waals surface area contributed by atoms with Crippen molar-refractivity contribution >= 4 is 17.2 Å². The summed E-state index contributed by atoms with van der Waals surface area (Å²) in [5.74, 6) is 1.63. The van der Waals surface area contributed by atoms with Crippen LogP contribution in [0.5, 0.6) is 0 Å². The van der Waals surface area contributed by atoms with E-state index in [9.17, 15) is 0 Å². The maximum atomic E-state index is 4.26. The van der Waals surface area contributed by atoms with Crippen molar-refractivity contribution in [2.45, 2.75) is 20.4 Å². The van der Waals surface area contributed by atoms with Crippen LogP contribution in [0, 0.1) is 13.8 Å². The molecule has 0 saturated carbocycles. The molecule has 0 fully saturated rings. The fraction of sp³-hybridized carbons (Fsp3) is 0.300. The van der Waals surface area contributed by atoms with Gasteiger partial charge in [-0.2, -0.15) is 0 Å². The van der Waals surface area contributed by atoms with Crippen LogP contribution in [-0.2, 0) is 6.54 Å². The van der Waals surface area contributed by atoms with Gasteiger partial charge in [0.05, 0.1) is 11.6 Å². The first-order valence-corrected chi connectivity index (χ1v) is 5.50. The molecular weight excluding hydrogens is 208 g/mol. The summed E-state index contributed by atoms with van der Waals surface area (Å²) in [6.07, 6.45) is 3.64. The van der Waals surface area contributed by atoms with E-state index in [4.69, 9.17) is 0 Å². The number of hydrogen-bond donors (Lipinski definition) is 1. The Morgan fingerprint density at radius 1 is 1.33 bits per heavy atom. The molecular formula is C10H12N4S. The van der Waals surface area contributed by atoms with E-state index in [1.165, 1.54) is 4.88 Å². The third-order valence-electron chi connectivity index (χ3n) is 1.89. The standard InChI is InChI=1S/C10H12N4S/c1-7-11-4-3-10(14-7)13-6-9-5-12-8(2)15-9/h3-5H,6H2,1-2H3,(H,11,13,14). The molecule has 0 amide bonds. The summed E-state index contributed by atoms with van der Waals surface area (Å²) in [7, 11) is 0. The first-order valence-electron chi connectivity index (χ1n) is 4.69. The van der Waals surface area contributed by atoms with Gasteiger partial charge in [0.1, 0.15) is 11.6 Å². The maximum Gasteiger partial charge on any atom is 0.129 e. The molecule has 0 aliphatic heterocycles. The Balaban J connectivity index is 1.99. The topological polar surface area (TPSA) is 50.7 Å². The van der Waals surface area contributed by atoms with Gasteiger partial charge >= 0.3 is 0 Å². The normalized spacial score (nSPS) is 10.3. The van der Waals surface area contributed by atoms with Crippen molar-refractivity contribution in [2.24, 2.45) is 0 Å². The lowest BCUT2D eigenvalue weighted by Gasteiger charge is -2.02. The second-order valence-electron chi connectivity index (χ2n) is 3.19. The van der Waals surface area contributed by atoms with Crippen LogP contribution in [0.25, 0.3) is 0 Å². The van der Waals surface area contributed by atoms with Crippen molar-refractivity contribution in [1.29, 1.82) is 0 Å². The minimum atomic E-state index is 0.766. The van der Waals surface area contributed by atoms with Gasteiger partial charge < -0.3 is 5.32 Å². The number of hydrogen-bond acceptors (Lipinski definition) is 5. The van der Waals surface area contributed by atoms with Crippen LogP contribution in [0.15, 0.2) is 18.5 Å². The molecule has 2 aromatic heterocycles. The first-order chi connectivity index (χ1) is 7.24. The van der Waals surface area contributed by atoms with Crippen molar-refractivity contribution in [2.75, 3.05) is 5.32 Å². The van der Waals surface area contributed by atoms with E-state index in [-0.39, 0.29) is 0 Å². The highest BCUT2D eigenvalue weighted by atomic mass is 32.1. The third kappa shape index (κ3) is 2.73. The van der Waals surface area contributed by atoms with Crippen LogP contribution in [0.1, 0.15) is 15.7 Å². The molecule has 15 heavy (non-hydrogen) atoms. The quantitative estimate of drug-likeness (QED) is 0.861. The summed E-state index contributed by atoms with van der Waals surface area (Å²) in [5, 5.41) is 4.32. The van der Waals surface area contributed by atoms with Gasteiger partial charge in [-0.15, -0.1) is 11.3 Å². The Morgan fingerprint density at radius 3 is 2.87 bits per heavy atom. The highest BCUT2D eigenvalue weighted by Crippen LogP contribution is 2.13. The maximum absolute atomic E-state index is 4.26. The number of nitrogens with zero attached hydrogens (tertiary/aromatic N) is 3. The van der Waals surface area contributed by atoms with E-state index in [1.807, 2.05) is 26.1 Å². The SMILES string of the molecule is Cc1nccc(NCc2cnc(C)s2)n1. The Labute approximate surface area is 92.4 Å². The van der Waals surface area contributed by atoms with Crippen molar-refractivity contribution in [3.8, 4) is 0 Å². The number of rotatable bonds is 3. The third-order valence-corrected chi connectivity index (χ3v) is 2.80. The van der Waals surface area contributed by atoms with Crippen LogP contribution in [-0.4, -0.2) is 15.0 Å². The van der Waals surface area contributed by atoms with Crippen molar-refractivity contribution in [1.82, 2.24) is 15.0 Å². The molecule has 1 N–H and O–H groups in total. The van der Waals surface area contributed by atoms with Crippen LogP contribution in [0.4, 0.5) is 5.82 Å². The highest BCUT2D eigenvalue weighted by molar-refractivity contribution is 7.11. The summed E-state index contributed by atoms with van der Waals surface area (Å²) >= 11 is 1.69. The Kier molecular flexibility index (Phi) is 2.91. The minimum Gasteiger partial charge on any atom is -0.365 e. The molecule has 0 aliphatic rings. The summed E-state index contributed by atoms with van der Waals surface area (Å²) in [6.45, 7) is 4.65. The van der Waals surface area contributed by atoms with E-state index in [0.29, 0.717) is 0 Å². The number of aromatic nitrogens is 3. The van der Waals surface area contributed by atoms with Gasteiger partial charge in [-0.05, 0) is 19.9 Å². The van der Waals surface area contributed by atoms with E-state index < -0.39 is 0 Å². The molecule has 0 aromatic carbocycles. The molecule has 0 radical (unpaired) electrons. The summed E-state index contributed by atoms with van der Waals surface area (Å²) in [5.41, 5.74) is 0. The molecule has 0 unspecified atom stereocenters. The molecule has 2 heterocycles. The molecule has 5 heteroatoms. The lowest BCUT2D eigenvalue weighted by Crippen LogP contribution is -2.01. The summed E-state index contributed by atoms with van der Waals surface area (Å²) < 4.78 is 0. The zero-order valence-corrected chi connectivity index (χ0v) is 9.51. The lowest BCUT2D eigenvalue weighted by molar-refractivity contribution is 1.03. The van der Waals surface area contributed by atoms with Crippen LogP contribution in [0.2, 0.25) is 0 Å². The molecule has 2 aromatic rings. The molecule has 0 aliphatic carbocycles. The van der Waals surface area contributed by atoms with Gasteiger partial charge in [-0.1, -0.05) is 0 Å². The van der Waals surface area contributed by atoms with Crippen molar-refractivity contribution in [3.05, 3.63) is 34.2 Å². The Hall–Kier alpha value is -1.49. The first kappa shape index (κ1) is 10.0.